The van der Waals surface area contributed by atoms with Crippen LogP contribution < -0.4 is 0 Å². The van der Waals surface area contributed by atoms with Crippen LogP contribution in [0.5, 0.6) is 0 Å². The molecule has 0 radical (unpaired) electrons. The van der Waals surface area contributed by atoms with Gasteiger partial charge in [-0.15, -0.1) is 11.3 Å². The maximum Gasteiger partial charge on any atom is 0.338 e. The number of carbonyl (C=O) groups excluding carboxylic acids is 1. The number of thiazole rings is 1. The molecule has 0 N–H and O–H groups in total. The molecule has 0 spiro atoms. The number of rotatable bonds is 6. The first kappa shape index (κ1) is 17.8. The summed E-state index contributed by atoms with van der Waals surface area (Å²) in [5.74, 6) is -0.511. The maximum atomic E-state index is 12.1. The molecule has 0 bridgehead atoms. The van der Waals surface area contributed by atoms with Crippen LogP contribution in [0, 0.1) is 0 Å². The Hall–Kier alpha value is -2.03. The molecule has 0 atom stereocenters. The largest absolute Gasteiger partial charge is 0.456 e. The van der Waals surface area contributed by atoms with Crippen molar-refractivity contribution in [3.8, 4) is 10.6 Å². The van der Waals surface area contributed by atoms with Gasteiger partial charge in [0.1, 0.15) is 11.6 Å². The summed E-state index contributed by atoms with van der Waals surface area (Å²) < 4.78 is 27.8. The molecule has 0 aliphatic rings. The highest BCUT2D eigenvalue weighted by molar-refractivity contribution is 7.89. The van der Waals surface area contributed by atoms with E-state index in [-0.39, 0.29) is 12.4 Å². The van der Waals surface area contributed by atoms with Crippen molar-refractivity contribution in [1.82, 2.24) is 4.98 Å². The Morgan fingerprint density at radius 2 is 1.92 bits per heavy atom. The van der Waals surface area contributed by atoms with E-state index in [0.29, 0.717) is 16.8 Å². The standard InChI is InChI=1S/C17H15NO4S3/c1-25(20,21)11-12-2-4-13(5-3-12)17(19)22-8-15-10-24-16(18-15)14-6-7-23-9-14/h2-7,9-10H,8,11H2,1H3. The zero-order valence-corrected chi connectivity index (χ0v) is 15.8. The van der Waals surface area contributed by atoms with Gasteiger partial charge in [0.15, 0.2) is 9.84 Å². The summed E-state index contributed by atoms with van der Waals surface area (Å²) in [6.45, 7) is 0.102. The van der Waals surface area contributed by atoms with Crippen molar-refractivity contribution in [1.29, 1.82) is 0 Å². The third-order valence-corrected chi connectivity index (χ3v) is 5.77. The third-order valence-electron chi connectivity index (χ3n) is 3.29. The van der Waals surface area contributed by atoms with E-state index in [1.807, 2.05) is 22.2 Å². The van der Waals surface area contributed by atoms with Gasteiger partial charge in [0.05, 0.1) is 17.0 Å². The summed E-state index contributed by atoms with van der Waals surface area (Å²) in [6, 6.07) is 8.38. The van der Waals surface area contributed by atoms with Crippen molar-refractivity contribution in [3.05, 3.63) is 63.3 Å². The highest BCUT2D eigenvalue weighted by Crippen LogP contribution is 2.26. The molecule has 0 aliphatic heterocycles. The lowest BCUT2D eigenvalue weighted by molar-refractivity contribution is 0.0468. The van der Waals surface area contributed by atoms with E-state index in [1.165, 1.54) is 17.6 Å². The molecule has 0 fully saturated rings. The Kier molecular flexibility index (Phi) is 5.31. The first-order valence-corrected chi connectivity index (χ1v) is 11.2. The molecule has 8 heteroatoms. The first-order chi connectivity index (χ1) is 11.9. The molecule has 0 unspecified atom stereocenters. The van der Waals surface area contributed by atoms with Gasteiger partial charge in [-0.05, 0) is 29.1 Å². The first-order valence-electron chi connectivity index (χ1n) is 7.31. The number of thiophene rings is 1. The van der Waals surface area contributed by atoms with Crippen molar-refractivity contribution in [2.75, 3.05) is 6.26 Å². The van der Waals surface area contributed by atoms with Crippen LogP contribution in [0.2, 0.25) is 0 Å². The smallest absolute Gasteiger partial charge is 0.338 e. The predicted molar refractivity (Wildman–Crippen MR) is 99.5 cm³/mol. The van der Waals surface area contributed by atoms with Gasteiger partial charge in [-0.1, -0.05) is 12.1 Å². The van der Waals surface area contributed by atoms with Crippen molar-refractivity contribution in [3.63, 3.8) is 0 Å². The minimum atomic E-state index is -3.10. The number of hydrogen-bond donors (Lipinski definition) is 0. The van der Waals surface area contributed by atoms with Gasteiger partial charge in [-0.25, -0.2) is 18.2 Å². The topological polar surface area (TPSA) is 73.3 Å². The number of carbonyl (C=O) groups is 1. The molecule has 1 aromatic carbocycles. The van der Waals surface area contributed by atoms with Crippen molar-refractivity contribution in [2.24, 2.45) is 0 Å². The highest BCUT2D eigenvalue weighted by atomic mass is 32.2. The number of sulfone groups is 1. The minimum Gasteiger partial charge on any atom is -0.456 e. The van der Waals surface area contributed by atoms with Crippen LogP contribution in [0.25, 0.3) is 10.6 Å². The second-order valence-corrected chi connectivity index (χ2v) is 9.28. The monoisotopic (exact) mass is 393 g/mol. The van der Waals surface area contributed by atoms with E-state index in [4.69, 9.17) is 4.74 Å². The second-order valence-electron chi connectivity index (χ2n) is 5.50. The number of ether oxygens (including phenoxy) is 1. The summed E-state index contributed by atoms with van der Waals surface area (Å²) in [5.41, 5.74) is 2.78. The SMILES string of the molecule is CS(=O)(=O)Cc1ccc(C(=O)OCc2csc(-c3ccsc3)n2)cc1. The molecule has 3 aromatic rings. The zero-order chi connectivity index (χ0) is 17.9. The summed E-state index contributed by atoms with van der Waals surface area (Å²) >= 11 is 3.12. The quantitative estimate of drug-likeness (QED) is 0.596. The second kappa shape index (κ2) is 7.47. The molecule has 2 heterocycles. The summed E-state index contributed by atoms with van der Waals surface area (Å²) in [5, 5.41) is 6.78. The molecule has 2 aromatic heterocycles. The van der Waals surface area contributed by atoms with E-state index in [0.717, 1.165) is 10.6 Å². The summed E-state index contributed by atoms with van der Waals surface area (Å²) in [7, 11) is -3.10. The van der Waals surface area contributed by atoms with E-state index in [9.17, 15) is 13.2 Å². The number of nitrogens with zero attached hydrogens (tertiary/aromatic N) is 1. The Balaban J connectivity index is 1.59. The van der Waals surface area contributed by atoms with Gasteiger partial charge >= 0.3 is 5.97 Å². The van der Waals surface area contributed by atoms with Crippen LogP contribution in [0.1, 0.15) is 21.6 Å². The number of aromatic nitrogens is 1. The lowest BCUT2D eigenvalue weighted by Gasteiger charge is -2.04. The fraction of sp³-hybridized carbons (Fsp3) is 0.176. The van der Waals surface area contributed by atoms with Gasteiger partial charge in [0.25, 0.3) is 0 Å². The molecular weight excluding hydrogens is 378 g/mol. The Labute approximate surface area is 153 Å². The number of esters is 1. The van der Waals surface area contributed by atoms with Crippen LogP contribution in [-0.4, -0.2) is 25.6 Å². The van der Waals surface area contributed by atoms with Crippen molar-refractivity contribution < 1.29 is 17.9 Å². The number of benzene rings is 1. The zero-order valence-electron chi connectivity index (χ0n) is 13.3. The van der Waals surface area contributed by atoms with Crippen LogP contribution in [0.4, 0.5) is 0 Å². The third kappa shape index (κ3) is 4.97. The van der Waals surface area contributed by atoms with Gasteiger partial charge in [0, 0.05) is 22.6 Å². The fourth-order valence-corrected chi connectivity index (χ4v) is 4.47. The van der Waals surface area contributed by atoms with Gasteiger partial charge in [0.2, 0.25) is 0 Å². The van der Waals surface area contributed by atoms with Crippen LogP contribution >= 0.6 is 22.7 Å². The normalized spacial score (nSPS) is 11.4. The molecule has 5 nitrogen and oxygen atoms in total. The highest BCUT2D eigenvalue weighted by Gasteiger charge is 2.11. The van der Waals surface area contributed by atoms with Crippen LogP contribution in [-0.2, 0) is 26.9 Å². The van der Waals surface area contributed by atoms with Crippen LogP contribution in [0.3, 0.4) is 0 Å². The lowest BCUT2D eigenvalue weighted by Crippen LogP contribution is -2.06. The summed E-state index contributed by atoms with van der Waals surface area (Å²) in [4.78, 5) is 16.5. The Morgan fingerprint density at radius 3 is 2.56 bits per heavy atom. The molecule has 0 aliphatic carbocycles. The molecule has 130 valence electrons. The summed E-state index contributed by atoms with van der Waals surface area (Å²) in [6.07, 6.45) is 1.17. The van der Waals surface area contributed by atoms with Crippen molar-refractivity contribution >= 4 is 38.5 Å². The number of hydrogen-bond acceptors (Lipinski definition) is 7. The van der Waals surface area contributed by atoms with Crippen LogP contribution in [0.15, 0.2) is 46.5 Å². The van der Waals surface area contributed by atoms with E-state index < -0.39 is 15.8 Å². The van der Waals surface area contributed by atoms with Gasteiger partial charge in [-0.3, -0.25) is 0 Å². The maximum absolute atomic E-state index is 12.1. The average molecular weight is 394 g/mol. The Bertz CT molecular complexity index is 958. The molecule has 0 saturated carbocycles. The minimum absolute atomic E-state index is 0.0491. The Morgan fingerprint density at radius 1 is 1.16 bits per heavy atom. The lowest BCUT2D eigenvalue weighted by atomic mass is 10.1. The predicted octanol–water partition coefficient (Wildman–Crippen LogP) is 3.77. The molecule has 0 amide bonds. The van der Waals surface area contributed by atoms with Gasteiger partial charge in [-0.2, -0.15) is 11.3 Å². The average Bonchev–Trinajstić information content (AvgIpc) is 3.23. The van der Waals surface area contributed by atoms with Crippen molar-refractivity contribution in [2.45, 2.75) is 12.4 Å². The fourth-order valence-electron chi connectivity index (χ4n) is 2.15. The molecule has 25 heavy (non-hydrogen) atoms. The van der Waals surface area contributed by atoms with E-state index >= 15 is 0 Å². The van der Waals surface area contributed by atoms with Gasteiger partial charge < -0.3 is 4.74 Å². The molecule has 0 saturated heterocycles. The van der Waals surface area contributed by atoms with E-state index in [2.05, 4.69) is 4.98 Å². The molecule has 3 rings (SSSR count). The molecular formula is C17H15NO4S3. The van der Waals surface area contributed by atoms with E-state index in [1.54, 1.807) is 35.6 Å².